The Balaban J connectivity index is 2.88. The SMILES string of the molecule is CN(C)c1cccc2[nH]c(C(=O)O)c(N(C)C)c12. The summed E-state index contributed by atoms with van der Waals surface area (Å²) in [6, 6.07) is 5.79. The van der Waals surface area contributed by atoms with Crippen LogP contribution in [0, 0.1) is 0 Å². The van der Waals surface area contributed by atoms with Crippen molar-refractivity contribution in [3.63, 3.8) is 0 Å². The number of rotatable bonds is 3. The molecule has 0 amide bonds. The Kier molecular flexibility index (Phi) is 2.90. The number of fused-ring (bicyclic) bond motifs is 1. The second kappa shape index (κ2) is 4.25. The molecule has 2 aromatic rings. The van der Waals surface area contributed by atoms with Gasteiger partial charge in [0, 0.05) is 39.3 Å². The highest BCUT2D eigenvalue weighted by Gasteiger charge is 2.21. The van der Waals surface area contributed by atoms with Crippen LogP contribution in [0.15, 0.2) is 18.2 Å². The van der Waals surface area contributed by atoms with Crippen molar-refractivity contribution in [2.45, 2.75) is 0 Å². The third kappa shape index (κ3) is 1.77. The second-order valence-electron chi connectivity index (χ2n) is 4.64. The first kappa shape index (κ1) is 12.3. The lowest BCUT2D eigenvalue weighted by molar-refractivity contribution is 0.0692. The zero-order valence-corrected chi connectivity index (χ0v) is 11.0. The molecule has 0 aliphatic heterocycles. The molecule has 0 saturated carbocycles. The van der Waals surface area contributed by atoms with Crippen LogP contribution >= 0.6 is 0 Å². The van der Waals surface area contributed by atoms with Crippen LogP contribution in [0.4, 0.5) is 11.4 Å². The smallest absolute Gasteiger partial charge is 0.354 e. The number of benzene rings is 1. The van der Waals surface area contributed by atoms with Gasteiger partial charge in [-0.15, -0.1) is 0 Å². The number of carboxylic acids is 1. The lowest BCUT2D eigenvalue weighted by Crippen LogP contribution is -2.14. The maximum atomic E-state index is 11.3. The summed E-state index contributed by atoms with van der Waals surface area (Å²) in [5.41, 5.74) is 2.77. The minimum absolute atomic E-state index is 0.226. The average molecular weight is 247 g/mol. The molecule has 0 unspecified atom stereocenters. The number of hydrogen-bond donors (Lipinski definition) is 2. The van der Waals surface area contributed by atoms with E-state index in [0.717, 1.165) is 16.6 Å². The molecule has 2 rings (SSSR count). The van der Waals surface area contributed by atoms with Crippen molar-refractivity contribution < 1.29 is 9.90 Å². The Morgan fingerprint density at radius 1 is 1.17 bits per heavy atom. The van der Waals surface area contributed by atoms with Crippen LogP contribution in [0.25, 0.3) is 10.9 Å². The quantitative estimate of drug-likeness (QED) is 0.871. The summed E-state index contributed by atoms with van der Waals surface area (Å²) in [7, 11) is 7.59. The fourth-order valence-corrected chi connectivity index (χ4v) is 2.19. The molecular weight excluding hydrogens is 230 g/mol. The number of aromatic amines is 1. The average Bonchev–Trinajstić information content (AvgIpc) is 2.67. The minimum Gasteiger partial charge on any atom is -0.477 e. The van der Waals surface area contributed by atoms with Crippen LogP contribution in [0.2, 0.25) is 0 Å². The molecular formula is C13H17N3O2. The molecule has 1 aromatic heterocycles. The summed E-state index contributed by atoms with van der Waals surface area (Å²) in [5.74, 6) is -0.945. The number of aromatic carboxylic acids is 1. The van der Waals surface area contributed by atoms with Gasteiger partial charge in [-0.2, -0.15) is 0 Å². The van der Waals surface area contributed by atoms with E-state index in [1.54, 1.807) is 0 Å². The van der Waals surface area contributed by atoms with Crippen molar-refractivity contribution in [3.05, 3.63) is 23.9 Å². The maximum Gasteiger partial charge on any atom is 0.354 e. The highest BCUT2D eigenvalue weighted by Crippen LogP contribution is 2.36. The van der Waals surface area contributed by atoms with Crippen LogP contribution in [-0.2, 0) is 0 Å². The molecule has 0 atom stereocenters. The number of H-pyrrole nitrogens is 1. The van der Waals surface area contributed by atoms with E-state index in [-0.39, 0.29) is 5.69 Å². The number of carbonyl (C=O) groups is 1. The van der Waals surface area contributed by atoms with Gasteiger partial charge in [-0.3, -0.25) is 0 Å². The van der Waals surface area contributed by atoms with E-state index in [1.807, 2.05) is 56.2 Å². The van der Waals surface area contributed by atoms with Crippen LogP contribution in [0.5, 0.6) is 0 Å². The molecule has 0 fully saturated rings. The van der Waals surface area contributed by atoms with Gasteiger partial charge in [0.05, 0.1) is 11.2 Å². The zero-order chi connectivity index (χ0) is 13.4. The third-order valence-corrected chi connectivity index (χ3v) is 2.92. The Labute approximate surface area is 106 Å². The van der Waals surface area contributed by atoms with E-state index in [9.17, 15) is 9.90 Å². The molecule has 5 heteroatoms. The molecule has 0 radical (unpaired) electrons. The van der Waals surface area contributed by atoms with Crippen molar-refractivity contribution >= 4 is 28.2 Å². The number of hydrogen-bond acceptors (Lipinski definition) is 3. The van der Waals surface area contributed by atoms with Gasteiger partial charge in [-0.1, -0.05) is 6.07 Å². The van der Waals surface area contributed by atoms with E-state index in [4.69, 9.17) is 0 Å². The van der Waals surface area contributed by atoms with Gasteiger partial charge >= 0.3 is 5.97 Å². The largest absolute Gasteiger partial charge is 0.477 e. The number of anilines is 2. The molecule has 0 aliphatic carbocycles. The van der Waals surface area contributed by atoms with Crippen LogP contribution < -0.4 is 9.80 Å². The van der Waals surface area contributed by atoms with Crippen molar-refractivity contribution in [2.75, 3.05) is 38.0 Å². The molecule has 5 nitrogen and oxygen atoms in total. The second-order valence-corrected chi connectivity index (χ2v) is 4.64. The third-order valence-electron chi connectivity index (χ3n) is 2.92. The number of carboxylic acid groups (broad SMARTS) is 1. The lowest BCUT2D eigenvalue weighted by Gasteiger charge is -2.18. The fraction of sp³-hybridized carbons (Fsp3) is 0.308. The van der Waals surface area contributed by atoms with Gasteiger partial charge in [0.15, 0.2) is 0 Å². The molecule has 0 spiro atoms. The molecule has 1 heterocycles. The summed E-state index contributed by atoms with van der Waals surface area (Å²) in [6.07, 6.45) is 0. The van der Waals surface area contributed by atoms with E-state index in [1.165, 1.54) is 0 Å². The summed E-state index contributed by atoms with van der Waals surface area (Å²) < 4.78 is 0. The van der Waals surface area contributed by atoms with Gasteiger partial charge in [0.25, 0.3) is 0 Å². The van der Waals surface area contributed by atoms with Gasteiger partial charge in [-0.25, -0.2) is 4.79 Å². The predicted molar refractivity (Wildman–Crippen MR) is 73.9 cm³/mol. The number of aromatic nitrogens is 1. The Bertz CT molecular complexity index is 600. The molecule has 2 N–H and O–H groups in total. The minimum atomic E-state index is -0.945. The summed E-state index contributed by atoms with van der Waals surface area (Å²) in [6.45, 7) is 0. The van der Waals surface area contributed by atoms with Crippen LogP contribution in [0.1, 0.15) is 10.5 Å². The molecule has 18 heavy (non-hydrogen) atoms. The molecule has 0 aliphatic rings. The Morgan fingerprint density at radius 2 is 1.83 bits per heavy atom. The number of nitrogens with zero attached hydrogens (tertiary/aromatic N) is 2. The Morgan fingerprint density at radius 3 is 2.33 bits per heavy atom. The zero-order valence-electron chi connectivity index (χ0n) is 11.0. The topological polar surface area (TPSA) is 59.6 Å². The maximum absolute atomic E-state index is 11.3. The first-order chi connectivity index (χ1) is 8.43. The van der Waals surface area contributed by atoms with Crippen molar-refractivity contribution in [1.82, 2.24) is 4.98 Å². The highest BCUT2D eigenvalue weighted by atomic mass is 16.4. The van der Waals surface area contributed by atoms with Gasteiger partial charge < -0.3 is 19.9 Å². The van der Waals surface area contributed by atoms with Gasteiger partial charge in [-0.05, 0) is 12.1 Å². The summed E-state index contributed by atoms with van der Waals surface area (Å²) in [5, 5.41) is 10.2. The Hall–Kier alpha value is -2.17. The standard InChI is InChI=1S/C13H17N3O2/c1-15(2)9-7-5-6-8-10(9)12(16(3)4)11(14-8)13(17)18/h5-7,14H,1-4H3,(H,17,18). The van der Waals surface area contributed by atoms with Gasteiger partial charge in [0.2, 0.25) is 0 Å². The molecule has 0 bridgehead atoms. The van der Waals surface area contributed by atoms with Crippen molar-refractivity contribution in [2.24, 2.45) is 0 Å². The molecule has 96 valence electrons. The monoisotopic (exact) mass is 247 g/mol. The van der Waals surface area contributed by atoms with E-state index in [0.29, 0.717) is 5.69 Å². The summed E-state index contributed by atoms with van der Waals surface area (Å²) in [4.78, 5) is 18.1. The molecule has 0 saturated heterocycles. The number of nitrogens with one attached hydrogen (secondary N) is 1. The molecule has 1 aromatic carbocycles. The van der Waals surface area contributed by atoms with Crippen molar-refractivity contribution in [3.8, 4) is 0 Å². The first-order valence-electron chi connectivity index (χ1n) is 5.66. The van der Waals surface area contributed by atoms with Crippen LogP contribution in [0.3, 0.4) is 0 Å². The highest BCUT2D eigenvalue weighted by molar-refractivity contribution is 6.10. The predicted octanol–water partition coefficient (Wildman–Crippen LogP) is 2.00. The van der Waals surface area contributed by atoms with Crippen molar-refractivity contribution in [1.29, 1.82) is 0 Å². The fourth-order valence-electron chi connectivity index (χ4n) is 2.19. The van der Waals surface area contributed by atoms with E-state index in [2.05, 4.69) is 4.98 Å². The van der Waals surface area contributed by atoms with E-state index < -0.39 is 5.97 Å². The lowest BCUT2D eigenvalue weighted by atomic mass is 10.1. The normalized spacial score (nSPS) is 10.7. The van der Waals surface area contributed by atoms with E-state index >= 15 is 0 Å². The van der Waals surface area contributed by atoms with Gasteiger partial charge in [0.1, 0.15) is 5.69 Å². The summed E-state index contributed by atoms with van der Waals surface area (Å²) >= 11 is 0. The van der Waals surface area contributed by atoms with Crippen LogP contribution in [-0.4, -0.2) is 44.3 Å². The first-order valence-corrected chi connectivity index (χ1v) is 5.66.